The molecule has 0 unspecified atom stereocenters. The molecule has 0 N–H and O–H groups in total. The maximum absolute atomic E-state index is 13.2. The second-order valence-corrected chi connectivity index (χ2v) is 11.0. The summed E-state index contributed by atoms with van der Waals surface area (Å²) in [4.78, 5) is 15.0. The maximum Gasteiger partial charge on any atom is 0.495 e. The maximum atomic E-state index is 13.2. The van der Waals surface area contributed by atoms with Crippen molar-refractivity contribution < 1.29 is 28.3 Å². The summed E-state index contributed by atoms with van der Waals surface area (Å²) in [5.41, 5.74) is 0.149. The van der Waals surface area contributed by atoms with Gasteiger partial charge in [-0.25, -0.2) is 4.79 Å². The quantitative estimate of drug-likeness (QED) is 0.573. The standard InChI is InChI=1S/C25H40BNO6/c1-23(2,3)31-22(28)27(18-12-10-11-13-18)16-19-20(29-8)14-17(15-21(19)30-9)26-32-24(4,5)25(6,7)33-26/h14-15,18H,10-13,16H2,1-9H3. The number of carbonyl (C=O) groups excluding carboxylic acids is 1. The fourth-order valence-corrected chi connectivity index (χ4v) is 4.32. The van der Waals surface area contributed by atoms with Gasteiger partial charge in [0.15, 0.2) is 0 Å². The Balaban J connectivity index is 1.95. The van der Waals surface area contributed by atoms with Crippen molar-refractivity contribution in [3.8, 4) is 11.5 Å². The van der Waals surface area contributed by atoms with E-state index in [0.29, 0.717) is 18.0 Å². The van der Waals surface area contributed by atoms with Gasteiger partial charge in [0.1, 0.15) is 17.1 Å². The highest BCUT2D eigenvalue weighted by molar-refractivity contribution is 6.62. The first-order chi connectivity index (χ1) is 15.3. The summed E-state index contributed by atoms with van der Waals surface area (Å²) in [6, 6.07) is 3.97. The molecule has 1 heterocycles. The van der Waals surface area contributed by atoms with Crippen molar-refractivity contribution in [2.75, 3.05) is 14.2 Å². The van der Waals surface area contributed by atoms with E-state index < -0.39 is 23.9 Å². The van der Waals surface area contributed by atoms with Crippen molar-refractivity contribution in [3.05, 3.63) is 17.7 Å². The van der Waals surface area contributed by atoms with Gasteiger partial charge < -0.3 is 28.4 Å². The van der Waals surface area contributed by atoms with Gasteiger partial charge in [0.2, 0.25) is 0 Å². The zero-order valence-electron chi connectivity index (χ0n) is 21.7. The average molecular weight is 461 g/mol. The van der Waals surface area contributed by atoms with Gasteiger partial charge in [0.05, 0.1) is 37.5 Å². The first-order valence-electron chi connectivity index (χ1n) is 11.9. The van der Waals surface area contributed by atoms with Crippen LogP contribution in [0.1, 0.15) is 79.7 Å². The summed E-state index contributed by atoms with van der Waals surface area (Å²) in [7, 11) is 2.71. The number of amides is 1. The molecule has 0 atom stereocenters. The van der Waals surface area contributed by atoms with E-state index in [1.54, 1.807) is 14.2 Å². The SMILES string of the molecule is COc1cc(B2OC(C)(C)C(C)(C)O2)cc(OC)c1CN(C(=O)OC(C)(C)C)C1CCCC1. The molecule has 8 heteroatoms. The molecule has 1 amide bonds. The first kappa shape index (κ1) is 25.7. The number of rotatable bonds is 6. The fraction of sp³-hybridized carbons (Fsp3) is 0.720. The summed E-state index contributed by atoms with van der Waals surface area (Å²) in [6.07, 6.45) is 3.85. The van der Waals surface area contributed by atoms with Crippen molar-refractivity contribution in [3.63, 3.8) is 0 Å². The van der Waals surface area contributed by atoms with Crippen LogP contribution in [-0.2, 0) is 20.6 Å². The molecule has 2 fully saturated rings. The fourth-order valence-electron chi connectivity index (χ4n) is 4.32. The number of carbonyl (C=O) groups is 1. The van der Waals surface area contributed by atoms with E-state index >= 15 is 0 Å². The summed E-state index contributed by atoms with van der Waals surface area (Å²) in [5, 5.41) is 0. The Kier molecular flexibility index (Phi) is 7.30. The Bertz CT molecular complexity index is 816. The van der Waals surface area contributed by atoms with Gasteiger partial charge >= 0.3 is 13.2 Å². The molecule has 1 aromatic carbocycles. The molecule has 1 saturated heterocycles. The lowest BCUT2D eigenvalue weighted by Gasteiger charge is -2.32. The topological polar surface area (TPSA) is 66.5 Å². The van der Waals surface area contributed by atoms with Crippen LogP contribution in [0.3, 0.4) is 0 Å². The van der Waals surface area contributed by atoms with Crippen LogP contribution in [-0.4, -0.2) is 55.2 Å². The van der Waals surface area contributed by atoms with Gasteiger partial charge in [0, 0.05) is 6.04 Å². The zero-order valence-corrected chi connectivity index (χ0v) is 21.7. The first-order valence-corrected chi connectivity index (χ1v) is 11.9. The van der Waals surface area contributed by atoms with Crippen LogP contribution in [0.2, 0.25) is 0 Å². The van der Waals surface area contributed by atoms with E-state index in [1.165, 1.54) is 0 Å². The smallest absolute Gasteiger partial charge is 0.495 e. The number of nitrogens with zero attached hydrogens (tertiary/aromatic N) is 1. The zero-order chi connectivity index (χ0) is 24.6. The monoisotopic (exact) mass is 461 g/mol. The molecule has 3 rings (SSSR count). The summed E-state index contributed by atoms with van der Waals surface area (Å²) < 4.78 is 29.7. The minimum absolute atomic E-state index is 0.136. The third kappa shape index (κ3) is 5.60. The Morgan fingerprint density at radius 2 is 1.52 bits per heavy atom. The van der Waals surface area contributed by atoms with Gasteiger partial charge in [-0.3, -0.25) is 0 Å². The van der Waals surface area contributed by atoms with Crippen LogP contribution in [0.5, 0.6) is 11.5 Å². The van der Waals surface area contributed by atoms with E-state index in [4.69, 9.17) is 23.5 Å². The molecule has 7 nitrogen and oxygen atoms in total. The highest BCUT2D eigenvalue weighted by Crippen LogP contribution is 2.38. The number of methoxy groups -OCH3 is 2. The molecule has 1 saturated carbocycles. The highest BCUT2D eigenvalue weighted by Gasteiger charge is 2.52. The second kappa shape index (κ2) is 9.38. The lowest BCUT2D eigenvalue weighted by Crippen LogP contribution is -2.42. The van der Waals surface area contributed by atoms with Crippen molar-refractivity contribution in [1.29, 1.82) is 0 Å². The van der Waals surface area contributed by atoms with Crippen LogP contribution in [0.25, 0.3) is 0 Å². The Hall–Kier alpha value is -1.93. The molecule has 184 valence electrons. The minimum atomic E-state index is -0.567. The predicted molar refractivity (Wildman–Crippen MR) is 129 cm³/mol. The van der Waals surface area contributed by atoms with E-state index in [-0.39, 0.29) is 12.1 Å². The van der Waals surface area contributed by atoms with E-state index in [2.05, 4.69) is 0 Å². The summed E-state index contributed by atoms with van der Waals surface area (Å²) in [6.45, 7) is 14.1. The Morgan fingerprint density at radius 1 is 1.03 bits per heavy atom. The molecule has 1 aliphatic heterocycles. The normalized spacial score (nSPS) is 20.1. The number of hydrogen-bond donors (Lipinski definition) is 0. The van der Waals surface area contributed by atoms with Crippen molar-refractivity contribution >= 4 is 18.7 Å². The van der Waals surface area contributed by atoms with Gasteiger partial charge in [-0.1, -0.05) is 12.8 Å². The third-order valence-corrected chi connectivity index (χ3v) is 6.88. The van der Waals surface area contributed by atoms with Crippen molar-refractivity contribution in [1.82, 2.24) is 4.90 Å². The molecule has 0 radical (unpaired) electrons. The Morgan fingerprint density at radius 3 is 1.94 bits per heavy atom. The molecule has 0 spiro atoms. The van der Waals surface area contributed by atoms with Gasteiger partial charge in [-0.05, 0) is 78.9 Å². The molecule has 1 aliphatic carbocycles. The number of ether oxygens (including phenoxy) is 3. The van der Waals surface area contributed by atoms with Crippen molar-refractivity contribution in [2.45, 2.75) is 104 Å². The number of hydrogen-bond acceptors (Lipinski definition) is 6. The van der Waals surface area contributed by atoms with Gasteiger partial charge in [-0.15, -0.1) is 0 Å². The van der Waals surface area contributed by atoms with E-state index in [9.17, 15) is 4.79 Å². The van der Waals surface area contributed by atoms with Crippen LogP contribution in [0.4, 0.5) is 4.79 Å². The molecule has 0 aromatic heterocycles. The molecular weight excluding hydrogens is 421 g/mol. The van der Waals surface area contributed by atoms with Crippen LogP contribution < -0.4 is 14.9 Å². The van der Waals surface area contributed by atoms with E-state index in [1.807, 2.05) is 65.5 Å². The second-order valence-electron chi connectivity index (χ2n) is 11.0. The molecule has 1 aromatic rings. The van der Waals surface area contributed by atoms with Crippen LogP contribution in [0.15, 0.2) is 12.1 Å². The minimum Gasteiger partial charge on any atom is -0.496 e. The largest absolute Gasteiger partial charge is 0.496 e. The van der Waals surface area contributed by atoms with E-state index in [0.717, 1.165) is 36.7 Å². The van der Waals surface area contributed by atoms with Crippen molar-refractivity contribution in [2.24, 2.45) is 0 Å². The highest BCUT2D eigenvalue weighted by atomic mass is 16.7. The van der Waals surface area contributed by atoms with Gasteiger partial charge in [-0.2, -0.15) is 0 Å². The third-order valence-electron chi connectivity index (χ3n) is 6.88. The van der Waals surface area contributed by atoms with Crippen LogP contribution >= 0.6 is 0 Å². The molecule has 33 heavy (non-hydrogen) atoms. The lowest BCUT2D eigenvalue weighted by molar-refractivity contribution is 0.00578. The van der Waals surface area contributed by atoms with Crippen LogP contribution in [0, 0.1) is 0 Å². The molecular formula is C25H40BNO6. The molecule has 0 bridgehead atoms. The Labute approximate surface area is 199 Å². The summed E-state index contributed by atoms with van der Waals surface area (Å²) >= 11 is 0. The average Bonchev–Trinajstić information content (AvgIpc) is 3.30. The lowest BCUT2D eigenvalue weighted by atomic mass is 9.78. The van der Waals surface area contributed by atoms with Gasteiger partial charge in [0.25, 0.3) is 0 Å². The summed E-state index contributed by atoms with van der Waals surface area (Å²) in [5.74, 6) is 1.26. The molecule has 2 aliphatic rings. The number of benzene rings is 1. The predicted octanol–water partition coefficient (Wildman–Crippen LogP) is 4.68.